The molecule has 2 atom stereocenters. The Morgan fingerprint density at radius 2 is 2.08 bits per heavy atom. The molecule has 0 spiro atoms. The van der Waals surface area contributed by atoms with Crippen LogP contribution in [0.25, 0.3) is 0 Å². The maximum Gasteiger partial charge on any atom is 0.240 e. The zero-order chi connectivity index (χ0) is 17.9. The van der Waals surface area contributed by atoms with Gasteiger partial charge in [-0.05, 0) is 32.6 Å². The van der Waals surface area contributed by atoms with Crippen LogP contribution in [-0.4, -0.2) is 42.0 Å². The van der Waals surface area contributed by atoms with E-state index in [1.807, 2.05) is 13.8 Å². The Morgan fingerprint density at radius 3 is 2.67 bits per heavy atom. The van der Waals surface area contributed by atoms with Crippen molar-refractivity contribution in [2.24, 2.45) is 0 Å². The van der Waals surface area contributed by atoms with E-state index in [1.54, 1.807) is 10.3 Å². The van der Waals surface area contributed by atoms with Crippen LogP contribution < -0.4 is 0 Å². The van der Waals surface area contributed by atoms with Gasteiger partial charge in [0.1, 0.15) is 5.25 Å². The summed E-state index contributed by atoms with van der Waals surface area (Å²) in [6.45, 7) is 8.31. The van der Waals surface area contributed by atoms with Crippen LogP contribution >= 0.6 is 11.3 Å². The fourth-order valence-corrected chi connectivity index (χ4v) is 5.28. The van der Waals surface area contributed by atoms with E-state index in [2.05, 4.69) is 11.9 Å². The lowest BCUT2D eigenvalue weighted by molar-refractivity contribution is -0.134. The maximum absolute atomic E-state index is 12.7. The van der Waals surface area contributed by atoms with Crippen LogP contribution in [0.15, 0.2) is 5.38 Å². The summed E-state index contributed by atoms with van der Waals surface area (Å²) < 4.78 is 25.4. The van der Waals surface area contributed by atoms with Gasteiger partial charge in [-0.1, -0.05) is 20.8 Å². The molecule has 7 heteroatoms. The third kappa shape index (κ3) is 4.36. The maximum atomic E-state index is 12.7. The molecule has 136 valence electrons. The fraction of sp³-hybridized carbons (Fsp3) is 0.765. The average Bonchev–Trinajstić information content (AvgIpc) is 3.01. The molecule has 0 unspecified atom stereocenters. The molecule has 1 aliphatic rings. The normalized spacial score (nSPS) is 20.4. The molecule has 2 rings (SSSR count). The molecule has 2 heterocycles. The van der Waals surface area contributed by atoms with Gasteiger partial charge in [0.25, 0.3) is 0 Å². The van der Waals surface area contributed by atoms with Crippen molar-refractivity contribution in [2.75, 3.05) is 6.54 Å². The molecular weight excluding hydrogens is 344 g/mol. The summed E-state index contributed by atoms with van der Waals surface area (Å²) in [7, 11) is -3.55. The van der Waals surface area contributed by atoms with Crippen molar-refractivity contribution in [2.45, 2.75) is 76.3 Å². The molecular formula is C17H28N2O3S2. The Labute approximate surface area is 149 Å². The van der Waals surface area contributed by atoms with Crippen LogP contribution in [0, 0.1) is 0 Å². The van der Waals surface area contributed by atoms with Gasteiger partial charge in [0.05, 0.1) is 16.5 Å². The first kappa shape index (κ1) is 19.4. The molecule has 1 aromatic heterocycles. The lowest BCUT2D eigenvalue weighted by Gasteiger charge is -2.36. The van der Waals surface area contributed by atoms with Crippen LogP contribution in [0.5, 0.6) is 0 Å². The third-order valence-corrected chi connectivity index (χ3v) is 7.85. The number of sulfone groups is 1. The minimum absolute atomic E-state index is 0.159. The molecule has 1 aromatic rings. The monoisotopic (exact) mass is 372 g/mol. The van der Waals surface area contributed by atoms with Gasteiger partial charge in [-0.15, -0.1) is 11.3 Å². The smallest absolute Gasteiger partial charge is 0.240 e. The van der Waals surface area contributed by atoms with Gasteiger partial charge in [0.15, 0.2) is 9.84 Å². The van der Waals surface area contributed by atoms with Crippen LogP contribution in [0.1, 0.15) is 70.0 Å². The summed E-state index contributed by atoms with van der Waals surface area (Å²) in [5, 5.41) is 1.72. The highest BCUT2D eigenvalue weighted by Gasteiger charge is 2.35. The molecule has 0 saturated carbocycles. The van der Waals surface area contributed by atoms with Gasteiger partial charge < -0.3 is 4.90 Å². The van der Waals surface area contributed by atoms with Crippen LogP contribution in [0.4, 0.5) is 0 Å². The number of aromatic nitrogens is 1. The van der Waals surface area contributed by atoms with E-state index in [0.717, 1.165) is 30.7 Å². The predicted octanol–water partition coefficient (Wildman–Crippen LogP) is 3.36. The Morgan fingerprint density at radius 1 is 1.38 bits per heavy atom. The summed E-state index contributed by atoms with van der Waals surface area (Å²) in [6.07, 6.45) is 3.92. The molecule has 0 bridgehead atoms. The molecule has 0 aliphatic carbocycles. The molecule has 24 heavy (non-hydrogen) atoms. The average molecular weight is 373 g/mol. The molecule has 0 aromatic carbocycles. The second-order valence-electron chi connectivity index (χ2n) is 6.87. The van der Waals surface area contributed by atoms with Gasteiger partial charge in [0, 0.05) is 23.9 Å². The van der Waals surface area contributed by atoms with E-state index in [9.17, 15) is 13.2 Å². The Bertz CT molecular complexity index is 667. The quantitative estimate of drug-likeness (QED) is 0.768. The summed E-state index contributed by atoms with van der Waals surface area (Å²) in [5.74, 6) is -0.127. The molecule has 0 N–H and O–H groups in total. The molecule has 5 nitrogen and oxygen atoms in total. The first-order chi connectivity index (χ1) is 11.3. The highest BCUT2D eigenvalue weighted by Crippen LogP contribution is 2.24. The van der Waals surface area contributed by atoms with Crippen LogP contribution in [0.3, 0.4) is 0 Å². The lowest BCUT2D eigenvalue weighted by Crippen LogP contribution is -2.49. The topological polar surface area (TPSA) is 67.3 Å². The van der Waals surface area contributed by atoms with Crippen molar-refractivity contribution in [3.63, 3.8) is 0 Å². The van der Waals surface area contributed by atoms with E-state index >= 15 is 0 Å². The Balaban J connectivity index is 2.10. The third-order valence-electron chi connectivity index (χ3n) is 4.68. The lowest BCUT2D eigenvalue weighted by atomic mass is 10.00. The van der Waals surface area contributed by atoms with Gasteiger partial charge in [0.2, 0.25) is 5.91 Å². The molecule has 1 aliphatic heterocycles. The number of piperidine rings is 1. The summed E-state index contributed by atoms with van der Waals surface area (Å²) in [5.41, 5.74) is 0.550. The highest BCUT2D eigenvalue weighted by atomic mass is 32.2. The Kier molecular flexibility index (Phi) is 6.42. The number of likely N-dealkylation sites (tertiary alicyclic amines) is 1. The predicted molar refractivity (Wildman–Crippen MR) is 97.9 cm³/mol. The highest BCUT2D eigenvalue weighted by molar-refractivity contribution is 7.92. The number of nitrogens with zero attached hydrogens (tertiary/aromatic N) is 2. The molecule has 0 radical (unpaired) electrons. The Hall–Kier alpha value is -0.950. The SMILES string of the molecule is CC[C@H]1CCCCN1C(=O)[C@@H](C)S(=O)(=O)Cc1csc(C(C)C)n1. The summed E-state index contributed by atoms with van der Waals surface area (Å²) in [4.78, 5) is 18.9. The number of hydrogen-bond acceptors (Lipinski definition) is 5. The molecule has 1 amide bonds. The zero-order valence-corrected chi connectivity index (χ0v) is 16.6. The summed E-state index contributed by atoms with van der Waals surface area (Å²) >= 11 is 1.48. The largest absolute Gasteiger partial charge is 0.339 e. The van der Waals surface area contributed by atoms with Crippen molar-refractivity contribution >= 4 is 27.1 Å². The first-order valence-electron chi connectivity index (χ1n) is 8.72. The zero-order valence-electron chi connectivity index (χ0n) is 15.0. The minimum atomic E-state index is -3.55. The second-order valence-corrected chi connectivity index (χ2v) is 10.1. The van der Waals surface area contributed by atoms with Crippen LogP contribution in [0.2, 0.25) is 0 Å². The van der Waals surface area contributed by atoms with E-state index in [0.29, 0.717) is 12.2 Å². The van der Waals surface area contributed by atoms with Gasteiger partial charge in [-0.25, -0.2) is 13.4 Å². The number of carbonyl (C=O) groups excluding carboxylic acids is 1. The minimum Gasteiger partial charge on any atom is -0.339 e. The number of thiazole rings is 1. The van der Waals surface area contributed by atoms with E-state index in [1.165, 1.54) is 18.3 Å². The van der Waals surface area contributed by atoms with E-state index in [4.69, 9.17) is 0 Å². The molecule has 1 saturated heterocycles. The van der Waals surface area contributed by atoms with Gasteiger partial charge >= 0.3 is 0 Å². The number of hydrogen-bond donors (Lipinski definition) is 0. The van der Waals surface area contributed by atoms with Gasteiger partial charge in [-0.2, -0.15) is 0 Å². The summed E-state index contributed by atoms with van der Waals surface area (Å²) in [6, 6.07) is 0.177. The number of amides is 1. The van der Waals surface area contributed by atoms with Crippen molar-refractivity contribution < 1.29 is 13.2 Å². The number of carbonyl (C=O) groups is 1. The fourth-order valence-electron chi connectivity index (χ4n) is 3.09. The number of rotatable bonds is 6. The van der Waals surface area contributed by atoms with Crippen molar-refractivity contribution in [3.8, 4) is 0 Å². The first-order valence-corrected chi connectivity index (χ1v) is 11.3. The van der Waals surface area contributed by atoms with E-state index in [-0.39, 0.29) is 23.6 Å². The second kappa shape index (κ2) is 7.95. The standard InChI is InChI=1S/C17H28N2O3S2/c1-5-15-8-6-7-9-19(15)17(20)13(4)24(21,22)11-14-10-23-16(18-14)12(2)3/h10,12-13,15H,5-9,11H2,1-4H3/t13-,15+/m1/s1. The van der Waals surface area contributed by atoms with Gasteiger partial charge in [-0.3, -0.25) is 4.79 Å². The van der Waals surface area contributed by atoms with Crippen LogP contribution in [-0.2, 0) is 20.4 Å². The molecule has 1 fully saturated rings. The van der Waals surface area contributed by atoms with Crippen molar-refractivity contribution in [1.82, 2.24) is 9.88 Å². The van der Waals surface area contributed by atoms with Crippen molar-refractivity contribution in [1.29, 1.82) is 0 Å². The van der Waals surface area contributed by atoms with Crippen molar-refractivity contribution in [3.05, 3.63) is 16.1 Å². The van der Waals surface area contributed by atoms with E-state index < -0.39 is 15.1 Å².